The second kappa shape index (κ2) is 4.45. The molecule has 0 rings (SSSR count). The molecule has 0 aromatic heterocycles. The van der Waals surface area contributed by atoms with Gasteiger partial charge in [-0.15, -0.1) is 8.78 Å². The topological polar surface area (TPSA) is 121 Å². The van der Waals surface area contributed by atoms with Crippen LogP contribution in [0.3, 0.4) is 0 Å². The molecule has 80 valence electrons. The molecule has 0 spiro atoms. The largest absolute Gasteiger partial charge is 0.412 e. The fraction of sp³-hybridized carbons (Fsp3) is 0. The SMILES string of the molecule is O=C(F)NC(=O)NS(=O)(=O)NC(=O)F. The second-order valence-corrected chi connectivity index (χ2v) is 3.12. The van der Waals surface area contributed by atoms with Crippen molar-refractivity contribution in [3.05, 3.63) is 0 Å². The number of halogens is 2. The third kappa shape index (κ3) is 5.82. The van der Waals surface area contributed by atoms with Crippen LogP contribution in [0.4, 0.5) is 23.2 Å². The number of hydrogen-bond donors (Lipinski definition) is 3. The van der Waals surface area contributed by atoms with Gasteiger partial charge in [0.25, 0.3) is 0 Å². The zero-order valence-corrected chi connectivity index (χ0v) is 7.02. The van der Waals surface area contributed by atoms with E-state index in [1.165, 1.54) is 0 Å². The first kappa shape index (κ1) is 12.2. The molecule has 0 aromatic rings. The van der Waals surface area contributed by atoms with E-state index >= 15 is 0 Å². The minimum absolute atomic E-state index is 0.684. The fourth-order valence-electron chi connectivity index (χ4n) is 0.368. The van der Waals surface area contributed by atoms with E-state index in [2.05, 4.69) is 0 Å². The Hall–Kier alpha value is -1.78. The molecular formula is C3H3F2N3O5S. The molecule has 11 heteroatoms. The predicted molar refractivity (Wildman–Crippen MR) is 36.7 cm³/mol. The molecule has 0 heterocycles. The van der Waals surface area contributed by atoms with Gasteiger partial charge in [-0.05, 0) is 0 Å². The molecule has 0 aliphatic rings. The summed E-state index contributed by atoms with van der Waals surface area (Å²) >= 11 is 0. The maximum absolute atomic E-state index is 11.5. The van der Waals surface area contributed by atoms with Gasteiger partial charge in [0.05, 0.1) is 0 Å². The highest BCUT2D eigenvalue weighted by Crippen LogP contribution is 1.81. The minimum Gasteiger partial charge on any atom is -0.249 e. The summed E-state index contributed by atoms with van der Waals surface area (Å²) in [6.45, 7) is 0. The molecule has 0 bridgehead atoms. The normalized spacial score (nSPS) is 10.1. The highest BCUT2D eigenvalue weighted by atomic mass is 32.2. The molecule has 0 aliphatic heterocycles. The Morgan fingerprint density at radius 3 is 1.79 bits per heavy atom. The minimum atomic E-state index is -4.78. The van der Waals surface area contributed by atoms with E-state index in [-0.39, 0.29) is 0 Å². The van der Waals surface area contributed by atoms with Gasteiger partial charge in [0.15, 0.2) is 0 Å². The maximum atomic E-state index is 11.5. The first-order valence-corrected chi connectivity index (χ1v) is 4.22. The van der Waals surface area contributed by atoms with Gasteiger partial charge >= 0.3 is 28.6 Å². The Bertz CT molecular complexity index is 364. The highest BCUT2D eigenvalue weighted by Gasteiger charge is 2.18. The average Bonchev–Trinajstić information content (AvgIpc) is 1.77. The molecule has 14 heavy (non-hydrogen) atoms. The number of amides is 4. The molecule has 0 saturated heterocycles. The highest BCUT2D eigenvalue weighted by molar-refractivity contribution is 7.88. The molecule has 0 fully saturated rings. The lowest BCUT2D eigenvalue weighted by molar-refractivity contribution is 0.216. The van der Waals surface area contributed by atoms with Crippen molar-refractivity contribution in [1.29, 1.82) is 0 Å². The van der Waals surface area contributed by atoms with Gasteiger partial charge in [-0.1, -0.05) is 0 Å². The van der Waals surface area contributed by atoms with Crippen molar-refractivity contribution in [2.75, 3.05) is 0 Å². The lowest BCUT2D eigenvalue weighted by Gasteiger charge is -2.03. The fourth-order valence-corrected chi connectivity index (χ4v) is 0.925. The Kier molecular flexibility index (Phi) is 3.89. The summed E-state index contributed by atoms with van der Waals surface area (Å²) in [5, 5.41) is 0.864. The number of carbonyl (C=O) groups excluding carboxylic acids is 3. The second-order valence-electron chi connectivity index (χ2n) is 1.71. The van der Waals surface area contributed by atoms with Crippen LogP contribution in [0.15, 0.2) is 0 Å². The molecule has 8 nitrogen and oxygen atoms in total. The summed E-state index contributed by atoms with van der Waals surface area (Å²) in [5.74, 6) is 0. The van der Waals surface area contributed by atoms with Gasteiger partial charge in [0.2, 0.25) is 0 Å². The predicted octanol–water partition coefficient (Wildman–Crippen LogP) is -0.701. The van der Waals surface area contributed by atoms with E-state index in [4.69, 9.17) is 0 Å². The number of carbonyl (C=O) groups is 3. The summed E-state index contributed by atoms with van der Waals surface area (Å²) in [7, 11) is -4.78. The van der Waals surface area contributed by atoms with E-state index in [0.29, 0.717) is 4.72 Å². The van der Waals surface area contributed by atoms with Gasteiger partial charge in [0, 0.05) is 0 Å². The number of urea groups is 1. The number of hydrogen-bond acceptors (Lipinski definition) is 5. The Morgan fingerprint density at radius 1 is 0.929 bits per heavy atom. The van der Waals surface area contributed by atoms with E-state index in [1.807, 2.05) is 0 Å². The van der Waals surface area contributed by atoms with Gasteiger partial charge in [-0.25, -0.2) is 29.1 Å². The van der Waals surface area contributed by atoms with Crippen LogP contribution in [0.5, 0.6) is 0 Å². The molecule has 4 amide bonds. The van der Waals surface area contributed by atoms with E-state index in [0.717, 1.165) is 10.0 Å². The Balaban J connectivity index is 4.30. The number of imide groups is 1. The number of rotatable bonds is 2. The van der Waals surface area contributed by atoms with Crippen LogP contribution in [-0.4, -0.2) is 26.8 Å². The number of nitrogens with one attached hydrogen (secondary N) is 3. The van der Waals surface area contributed by atoms with E-state index < -0.39 is 28.6 Å². The van der Waals surface area contributed by atoms with Crippen LogP contribution in [0, 0.1) is 0 Å². The summed E-state index contributed by atoms with van der Waals surface area (Å²) in [5.41, 5.74) is 0. The van der Waals surface area contributed by atoms with Crippen LogP contribution in [-0.2, 0) is 10.2 Å². The smallest absolute Gasteiger partial charge is 0.249 e. The summed E-state index contributed by atoms with van der Waals surface area (Å²) < 4.78 is 45.4. The van der Waals surface area contributed by atoms with Crippen LogP contribution >= 0.6 is 0 Å². The van der Waals surface area contributed by atoms with Gasteiger partial charge in [-0.2, -0.15) is 8.42 Å². The third-order valence-corrected chi connectivity index (χ3v) is 1.54. The third-order valence-electron chi connectivity index (χ3n) is 0.653. The summed E-state index contributed by atoms with van der Waals surface area (Å²) in [4.78, 5) is 29.5. The van der Waals surface area contributed by atoms with Crippen molar-refractivity contribution in [2.45, 2.75) is 0 Å². The maximum Gasteiger partial charge on any atom is 0.412 e. The van der Waals surface area contributed by atoms with Crippen molar-refractivity contribution in [3.8, 4) is 0 Å². The zero-order valence-electron chi connectivity index (χ0n) is 6.21. The van der Waals surface area contributed by atoms with Crippen LogP contribution in [0.25, 0.3) is 0 Å². The Morgan fingerprint density at radius 2 is 1.43 bits per heavy atom. The molecule has 3 N–H and O–H groups in total. The first-order chi connectivity index (χ1) is 6.23. The van der Waals surface area contributed by atoms with Crippen LogP contribution < -0.4 is 14.8 Å². The van der Waals surface area contributed by atoms with Crippen LogP contribution in [0.2, 0.25) is 0 Å². The van der Waals surface area contributed by atoms with Crippen LogP contribution in [0.1, 0.15) is 0 Å². The molecular weight excluding hydrogens is 228 g/mol. The Labute approximate surface area is 75.8 Å². The zero-order chi connectivity index (χ0) is 11.4. The standard InChI is InChI=1S/C3H3F2N3O5S/c4-1(9)6-3(11)8-14(12,13)7-2(5)10/h(H,7,10)(H2,6,8,9,11). The van der Waals surface area contributed by atoms with Crippen molar-refractivity contribution < 1.29 is 31.6 Å². The van der Waals surface area contributed by atoms with Gasteiger partial charge < -0.3 is 0 Å². The van der Waals surface area contributed by atoms with Gasteiger partial charge in [-0.3, -0.25) is 0 Å². The molecule has 0 atom stereocenters. The van der Waals surface area contributed by atoms with Crippen molar-refractivity contribution >= 4 is 28.6 Å². The van der Waals surface area contributed by atoms with E-state index in [1.54, 1.807) is 0 Å². The average molecular weight is 231 g/mol. The van der Waals surface area contributed by atoms with Crippen molar-refractivity contribution in [2.24, 2.45) is 0 Å². The molecule has 0 saturated carbocycles. The summed E-state index contributed by atoms with van der Waals surface area (Å²) in [6.07, 6.45) is -4.76. The molecule has 0 unspecified atom stereocenters. The molecule has 0 aromatic carbocycles. The van der Waals surface area contributed by atoms with Gasteiger partial charge in [0.1, 0.15) is 0 Å². The van der Waals surface area contributed by atoms with E-state index in [9.17, 15) is 31.6 Å². The quantitative estimate of drug-likeness (QED) is 0.428. The lowest BCUT2D eigenvalue weighted by atomic mass is 11.0. The molecule has 0 aliphatic carbocycles. The summed E-state index contributed by atoms with van der Waals surface area (Å²) in [6, 6.07) is -1.77. The van der Waals surface area contributed by atoms with Crippen molar-refractivity contribution in [3.63, 3.8) is 0 Å². The first-order valence-electron chi connectivity index (χ1n) is 2.73. The molecule has 0 radical (unpaired) electrons. The monoisotopic (exact) mass is 231 g/mol. The van der Waals surface area contributed by atoms with Crippen molar-refractivity contribution in [1.82, 2.24) is 14.8 Å². The lowest BCUT2D eigenvalue weighted by Crippen LogP contribution is -2.46.